The van der Waals surface area contributed by atoms with Gasteiger partial charge in [0, 0.05) is 7.05 Å². The summed E-state index contributed by atoms with van der Waals surface area (Å²) in [6, 6.07) is 12.9. The molecule has 0 saturated carbocycles. The number of para-hydroxylation sites is 1. The van der Waals surface area contributed by atoms with Crippen LogP contribution in [0.25, 0.3) is 5.69 Å². The normalized spacial score (nSPS) is 10.7. The fourth-order valence-electron chi connectivity index (χ4n) is 3.59. The Morgan fingerprint density at radius 1 is 1.00 bits per heavy atom. The van der Waals surface area contributed by atoms with Gasteiger partial charge in [-0.3, -0.25) is 14.3 Å². The molecule has 0 fully saturated rings. The molecule has 0 aliphatic rings. The lowest BCUT2D eigenvalue weighted by atomic mass is 10.00. The van der Waals surface area contributed by atoms with Crippen LogP contribution in [-0.4, -0.2) is 27.8 Å². The van der Waals surface area contributed by atoms with E-state index in [1.165, 1.54) is 4.68 Å². The van der Waals surface area contributed by atoms with Gasteiger partial charge in [-0.1, -0.05) is 35.9 Å². The first kappa shape index (κ1) is 21.1. The average Bonchev–Trinajstić information content (AvgIpc) is 2.89. The number of hydrogen-bond acceptors (Lipinski definition) is 4. The molecule has 0 aliphatic carbocycles. The number of aryl methyl sites for hydroxylation is 3. The largest absolute Gasteiger partial charge is 0.452 e. The van der Waals surface area contributed by atoms with Crippen molar-refractivity contribution in [2.45, 2.75) is 27.7 Å². The summed E-state index contributed by atoms with van der Waals surface area (Å²) in [5, 5.41) is 2.58. The lowest BCUT2D eigenvalue weighted by Gasteiger charge is -2.11. The van der Waals surface area contributed by atoms with Gasteiger partial charge in [0.1, 0.15) is 5.69 Å². The zero-order valence-electron chi connectivity index (χ0n) is 17.8. The van der Waals surface area contributed by atoms with E-state index >= 15 is 0 Å². The molecular weight excluding hydrogens is 382 g/mol. The van der Waals surface area contributed by atoms with E-state index in [1.807, 2.05) is 51.1 Å². The Kier molecular flexibility index (Phi) is 5.91. The summed E-state index contributed by atoms with van der Waals surface area (Å²) in [5.41, 5.74) is 4.17. The number of nitrogens with one attached hydrogen (secondary N) is 1. The third-order valence-electron chi connectivity index (χ3n) is 5.03. The van der Waals surface area contributed by atoms with Crippen molar-refractivity contribution in [2.75, 3.05) is 11.9 Å². The van der Waals surface area contributed by atoms with Crippen LogP contribution >= 0.6 is 0 Å². The molecule has 0 radical (unpaired) electrons. The molecule has 0 aliphatic heterocycles. The number of aromatic nitrogens is 2. The molecule has 0 unspecified atom stereocenters. The molecule has 3 aromatic rings. The molecule has 1 amide bonds. The molecule has 1 N–H and O–H groups in total. The van der Waals surface area contributed by atoms with E-state index in [9.17, 15) is 14.4 Å². The van der Waals surface area contributed by atoms with Gasteiger partial charge in [0.15, 0.2) is 6.61 Å². The zero-order chi connectivity index (χ0) is 22.0. The number of ether oxygens (including phenoxy) is 1. The fraction of sp³-hybridized carbons (Fsp3) is 0.261. The van der Waals surface area contributed by atoms with Gasteiger partial charge < -0.3 is 10.1 Å². The van der Waals surface area contributed by atoms with Crippen molar-refractivity contribution < 1.29 is 14.3 Å². The van der Waals surface area contributed by atoms with E-state index in [-0.39, 0.29) is 11.2 Å². The number of amides is 1. The van der Waals surface area contributed by atoms with E-state index < -0.39 is 18.5 Å². The molecule has 1 heterocycles. The molecular formula is C23H25N3O4. The highest BCUT2D eigenvalue weighted by atomic mass is 16.5. The summed E-state index contributed by atoms with van der Waals surface area (Å²) in [5.74, 6) is -1.14. The first-order chi connectivity index (χ1) is 14.2. The zero-order valence-corrected chi connectivity index (χ0v) is 17.8. The smallest absolute Gasteiger partial charge is 0.339 e. The van der Waals surface area contributed by atoms with Crippen LogP contribution in [0.2, 0.25) is 0 Å². The minimum atomic E-state index is -0.572. The predicted molar refractivity (Wildman–Crippen MR) is 115 cm³/mol. The van der Waals surface area contributed by atoms with Crippen LogP contribution in [0.1, 0.15) is 32.7 Å². The third kappa shape index (κ3) is 4.05. The molecule has 30 heavy (non-hydrogen) atoms. The molecule has 2 aromatic carbocycles. The maximum atomic E-state index is 12.8. The molecule has 156 valence electrons. The van der Waals surface area contributed by atoms with Crippen LogP contribution in [0.15, 0.2) is 47.3 Å². The predicted octanol–water partition coefficient (Wildman–Crippen LogP) is 3.21. The first-order valence-corrected chi connectivity index (χ1v) is 9.59. The Hall–Kier alpha value is -3.61. The van der Waals surface area contributed by atoms with Gasteiger partial charge in [0.2, 0.25) is 0 Å². The number of benzene rings is 2. The van der Waals surface area contributed by atoms with Gasteiger partial charge in [-0.25, -0.2) is 9.48 Å². The highest BCUT2D eigenvalue weighted by Gasteiger charge is 2.20. The van der Waals surface area contributed by atoms with Crippen LogP contribution in [0.4, 0.5) is 5.69 Å². The summed E-state index contributed by atoms with van der Waals surface area (Å²) in [6.07, 6.45) is 0. The van der Waals surface area contributed by atoms with E-state index in [0.717, 1.165) is 16.7 Å². The van der Waals surface area contributed by atoms with E-state index in [4.69, 9.17) is 4.74 Å². The van der Waals surface area contributed by atoms with E-state index in [1.54, 1.807) is 30.8 Å². The second-order valence-corrected chi connectivity index (χ2v) is 7.33. The van der Waals surface area contributed by atoms with Crippen molar-refractivity contribution in [2.24, 2.45) is 7.05 Å². The van der Waals surface area contributed by atoms with Crippen LogP contribution in [0.3, 0.4) is 0 Å². The van der Waals surface area contributed by atoms with Crippen LogP contribution in [0.5, 0.6) is 0 Å². The Labute approximate surface area is 174 Å². The molecule has 0 saturated heterocycles. The van der Waals surface area contributed by atoms with Gasteiger partial charge in [-0.15, -0.1) is 0 Å². The van der Waals surface area contributed by atoms with Crippen molar-refractivity contribution in [3.8, 4) is 5.69 Å². The van der Waals surface area contributed by atoms with Gasteiger partial charge in [0.25, 0.3) is 11.5 Å². The quantitative estimate of drug-likeness (QED) is 0.659. The number of nitrogens with zero attached hydrogens (tertiary/aromatic N) is 2. The highest BCUT2D eigenvalue weighted by molar-refractivity contribution is 5.97. The van der Waals surface area contributed by atoms with Crippen LogP contribution in [-0.2, 0) is 16.6 Å². The van der Waals surface area contributed by atoms with Gasteiger partial charge in [-0.05, 0) is 51.0 Å². The molecule has 0 bridgehead atoms. The Morgan fingerprint density at radius 3 is 2.20 bits per heavy atom. The standard InChI is InChI=1S/C23H25N3O4/c1-14-11-15(2)20(16(3)12-14)23(29)30-13-19(27)24-21-17(4)25(5)26(22(21)28)18-9-7-6-8-10-18/h6-12H,13H2,1-5H3,(H,24,27). The van der Waals surface area contributed by atoms with Crippen LogP contribution < -0.4 is 10.9 Å². The number of carbonyl (C=O) groups excluding carboxylic acids is 2. The fourth-order valence-corrected chi connectivity index (χ4v) is 3.59. The monoisotopic (exact) mass is 407 g/mol. The molecule has 7 nitrogen and oxygen atoms in total. The SMILES string of the molecule is Cc1cc(C)c(C(=O)OCC(=O)Nc2c(C)n(C)n(-c3ccccc3)c2=O)c(C)c1. The summed E-state index contributed by atoms with van der Waals surface area (Å²) in [4.78, 5) is 37.7. The Balaban J connectivity index is 1.75. The van der Waals surface area contributed by atoms with Gasteiger partial charge >= 0.3 is 5.97 Å². The topological polar surface area (TPSA) is 82.3 Å². The average molecular weight is 407 g/mol. The Bertz CT molecular complexity index is 1150. The van der Waals surface area contributed by atoms with Crippen molar-refractivity contribution in [1.82, 2.24) is 9.36 Å². The van der Waals surface area contributed by atoms with Crippen molar-refractivity contribution >= 4 is 17.6 Å². The summed E-state index contributed by atoms with van der Waals surface area (Å²) >= 11 is 0. The lowest BCUT2D eigenvalue weighted by Crippen LogP contribution is -2.26. The molecule has 3 rings (SSSR count). The van der Waals surface area contributed by atoms with Gasteiger partial charge in [-0.2, -0.15) is 0 Å². The summed E-state index contributed by atoms with van der Waals surface area (Å²) < 4.78 is 8.33. The third-order valence-corrected chi connectivity index (χ3v) is 5.03. The minimum absolute atomic E-state index is 0.157. The van der Waals surface area contributed by atoms with E-state index in [2.05, 4.69) is 5.32 Å². The van der Waals surface area contributed by atoms with Gasteiger partial charge in [0.05, 0.1) is 16.9 Å². The molecule has 7 heteroatoms. The van der Waals surface area contributed by atoms with E-state index in [0.29, 0.717) is 16.9 Å². The second-order valence-electron chi connectivity index (χ2n) is 7.33. The van der Waals surface area contributed by atoms with Crippen molar-refractivity contribution in [3.63, 3.8) is 0 Å². The summed E-state index contributed by atoms with van der Waals surface area (Å²) in [6.45, 7) is 6.87. The number of carbonyl (C=O) groups is 2. The number of hydrogen-bond donors (Lipinski definition) is 1. The molecule has 0 spiro atoms. The first-order valence-electron chi connectivity index (χ1n) is 9.59. The maximum absolute atomic E-state index is 12.8. The molecule has 1 aromatic heterocycles. The molecule has 0 atom stereocenters. The number of esters is 1. The van der Waals surface area contributed by atoms with Crippen molar-refractivity contribution in [1.29, 1.82) is 0 Å². The minimum Gasteiger partial charge on any atom is -0.452 e. The van der Waals surface area contributed by atoms with Crippen molar-refractivity contribution in [3.05, 3.63) is 80.8 Å². The highest BCUT2D eigenvalue weighted by Crippen LogP contribution is 2.18. The second kappa shape index (κ2) is 8.41. The van der Waals surface area contributed by atoms with Crippen LogP contribution in [0, 0.1) is 27.7 Å². The number of anilines is 1. The Morgan fingerprint density at radius 2 is 1.60 bits per heavy atom. The lowest BCUT2D eigenvalue weighted by molar-refractivity contribution is -0.119. The summed E-state index contributed by atoms with van der Waals surface area (Å²) in [7, 11) is 1.74. The number of rotatable bonds is 5. The maximum Gasteiger partial charge on any atom is 0.339 e.